The van der Waals surface area contributed by atoms with Crippen LogP contribution < -0.4 is 113 Å². The van der Waals surface area contributed by atoms with Crippen LogP contribution >= 0.6 is 89.3 Å². The Balaban J connectivity index is -0.0000000955. The molecule has 2 aromatic heterocycles. The van der Waals surface area contributed by atoms with Gasteiger partial charge in [0, 0.05) is 59.1 Å². The van der Waals surface area contributed by atoms with Gasteiger partial charge in [0.15, 0.2) is 0 Å². The van der Waals surface area contributed by atoms with Crippen LogP contribution in [0.4, 0.5) is 0 Å². The van der Waals surface area contributed by atoms with E-state index in [9.17, 15) is 0 Å². The summed E-state index contributed by atoms with van der Waals surface area (Å²) in [5.41, 5.74) is 5.44. The zero-order valence-electron chi connectivity index (χ0n) is 28.5. The molecule has 7 nitrogen and oxygen atoms in total. The quantitative estimate of drug-likeness (QED) is 0.0685. The molecule has 0 spiro atoms. The summed E-state index contributed by atoms with van der Waals surface area (Å²) in [6, 6.07) is 35.8. The van der Waals surface area contributed by atoms with Gasteiger partial charge in [-0.2, -0.15) is 39.6 Å². The Kier molecular flexibility index (Phi) is 53.5. The second kappa shape index (κ2) is 40.9. The molecule has 0 radical (unpaired) electrons. The molecule has 0 bridgehead atoms. The number of carbonyl (C=O) groups excluding carboxylic acids is 1. The van der Waals surface area contributed by atoms with E-state index in [4.69, 9.17) is 20.1 Å². The second-order valence-corrected chi connectivity index (χ2v) is 16.4. The van der Waals surface area contributed by atoms with Crippen molar-refractivity contribution < 1.29 is 150 Å². The van der Waals surface area contributed by atoms with Gasteiger partial charge in [0.25, 0.3) is 6.47 Å². The van der Waals surface area contributed by atoms with Crippen molar-refractivity contribution in [2.24, 2.45) is 0 Å². The molecule has 2 heterocycles. The number of nitrogens with one attached hydrogen (secondary N) is 2. The summed E-state index contributed by atoms with van der Waals surface area (Å²) < 4.78 is 1.14. The number of aromatic nitrogens is 2. The topological polar surface area (TPSA) is 121 Å². The van der Waals surface area contributed by atoms with E-state index in [0.717, 1.165) is 20.4 Å². The molecule has 4 aromatic carbocycles. The predicted octanol–water partition coefficient (Wildman–Crippen LogP) is 0.755. The molecule has 20 heteroatoms. The van der Waals surface area contributed by atoms with Gasteiger partial charge in [-0.05, 0) is 46.9 Å². The summed E-state index contributed by atoms with van der Waals surface area (Å²) in [6.07, 6.45) is 3.92. The molecule has 0 amide bonds. The summed E-state index contributed by atoms with van der Waals surface area (Å²) in [4.78, 5) is 17.6. The first-order valence-corrected chi connectivity index (χ1v) is 19.8. The zero-order valence-corrected chi connectivity index (χ0v) is 46.9. The van der Waals surface area contributed by atoms with Crippen LogP contribution in [0.5, 0.6) is 0 Å². The Morgan fingerprint density at radius 3 is 1.55 bits per heavy atom. The van der Waals surface area contributed by atoms with Crippen LogP contribution in [-0.4, -0.2) is 33.6 Å². The van der Waals surface area contributed by atoms with E-state index in [1.807, 2.05) is 36.7 Å². The van der Waals surface area contributed by atoms with Crippen LogP contribution in [0.1, 0.15) is 1.43 Å². The summed E-state index contributed by atoms with van der Waals surface area (Å²) in [5, 5.41) is 28.1. The van der Waals surface area contributed by atoms with Gasteiger partial charge in [0.2, 0.25) is 0 Å². The number of H-pyrrole nitrogens is 2. The summed E-state index contributed by atoms with van der Waals surface area (Å²) >= 11 is 3.46. The molecule has 0 fully saturated rings. The first kappa shape index (κ1) is 64.1. The molecule has 262 valence electrons. The molecule has 8 atom stereocenters. The standard InChI is InChI=1S/C14H11N.C8H6BrN.C6H7BO2.CH2O3.2K.H6P4.4H3P.Pd.H/c1-2-5-11(6-3-1)12-7-4-8-14-13(12)9-10-15-14;9-7-2-1-3-8-6(7)4-5-10-8;8-7(9)6-4-2-1-3-5-6;2-1-4-3;;;1-3-4-2;;;;;;/h1-10,15H;1-5,10H;1-5,8-9H;1,3H;;;3-4H,1-2H2;4*1H3;;/q;;;;2*+1;;;;;;;-1/p-1. The third-order valence-corrected chi connectivity index (χ3v) is 12.8. The molecule has 49 heavy (non-hydrogen) atoms. The van der Waals surface area contributed by atoms with Crippen molar-refractivity contribution in [2.75, 3.05) is 0 Å². The van der Waals surface area contributed by atoms with Crippen LogP contribution in [0.15, 0.2) is 126 Å². The molecule has 6 rings (SSSR count). The Morgan fingerprint density at radius 2 is 1.14 bits per heavy atom. The zero-order chi connectivity index (χ0) is 30.6. The van der Waals surface area contributed by atoms with Gasteiger partial charge in [-0.25, -0.2) is 0 Å². The minimum absolute atomic E-state index is 0. The van der Waals surface area contributed by atoms with Crippen molar-refractivity contribution in [1.29, 1.82) is 0 Å². The van der Waals surface area contributed by atoms with Crippen molar-refractivity contribution >= 4 is 130 Å². The average Bonchev–Trinajstić information content (AvgIpc) is 3.74. The molecular formula is C29H44BBrK2N2O5P8Pd. The van der Waals surface area contributed by atoms with E-state index in [0.29, 0.717) is 5.46 Å². The minimum atomic E-state index is -1.34. The SMILES string of the molecule is Brc1cccc2[nH]ccc12.O=CO[O-].OB(O)c1ccccc1.P.P.P.P.PPPP.[H-].[K+].[K+].[Pd].c1ccc(-c2cccc3[nH]ccc23)cc1. The smallest absolute Gasteiger partial charge is 1.00 e. The van der Waals surface area contributed by atoms with Gasteiger partial charge in [0.05, 0.1) is 0 Å². The van der Waals surface area contributed by atoms with E-state index >= 15 is 0 Å². The predicted molar refractivity (Wildman–Crippen MR) is 235 cm³/mol. The summed E-state index contributed by atoms with van der Waals surface area (Å²) in [5.74, 6) is 0. The van der Waals surface area contributed by atoms with Gasteiger partial charge in [-0.1, -0.05) is 111 Å². The number of carbonyl (C=O) groups is 1. The van der Waals surface area contributed by atoms with E-state index in [-0.39, 0.29) is 171 Å². The molecule has 0 saturated carbocycles. The third-order valence-electron chi connectivity index (χ3n) is 5.44. The van der Waals surface area contributed by atoms with Gasteiger partial charge in [-0.3, -0.25) is 4.79 Å². The van der Waals surface area contributed by atoms with E-state index in [1.165, 1.54) is 32.9 Å². The summed E-state index contributed by atoms with van der Waals surface area (Å²) in [7, 11) is 6.10. The molecule has 0 aliphatic rings. The molecule has 0 aliphatic heterocycles. The van der Waals surface area contributed by atoms with Gasteiger partial charge in [0.1, 0.15) is 0 Å². The maximum atomic E-state index is 8.64. The third kappa shape index (κ3) is 25.9. The Hall–Kier alpha value is 3.23. The Morgan fingerprint density at radius 1 is 0.714 bits per heavy atom. The van der Waals surface area contributed by atoms with E-state index in [2.05, 4.69) is 109 Å². The van der Waals surface area contributed by atoms with Gasteiger partial charge in [-0.15, -0.1) is 17.9 Å². The Bertz CT molecular complexity index is 1610. The van der Waals surface area contributed by atoms with Crippen LogP contribution in [0.25, 0.3) is 32.9 Å². The van der Waals surface area contributed by atoms with Crippen LogP contribution in [0, 0.1) is 0 Å². The average molecular weight is 1020 g/mol. The number of hydrogen-bond acceptors (Lipinski definition) is 5. The fourth-order valence-electron chi connectivity index (χ4n) is 3.63. The Labute approximate surface area is 419 Å². The minimum Gasteiger partial charge on any atom is -1.00 e. The van der Waals surface area contributed by atoms with Crippen LogP contribution in [0.2, 0.25) is 0 Å². The van der Waals surface area contributed by atoms with Crippen molar-refractivity contribution in [3.63, 3.8) is 0 Å². The molecule has 0 saturated heterocycles. The van der Waals surface area contributed by atoms with Crippen molar-refractivity contribution in [3.05, 3.63) is 126 Å². The molecule has 0 aliphatic carbocycles. The van der Waals surface area contributed by atoms with Crippen molar-refractivity contribution in [3.8, 4) is 11.1 Å². The maximum Gasteiger partial charge on any atom is 1.00 e. The van der Waals surface area contributed by atoms with E-state index in [1.54, 1.807) is 24.3 Å². The van der Waals surface area contributed by atoms with Gasteiger partial charge >= 0.3 is 110 Å². The molecule has 6 aromatic rings. The number of fused-ring (bicyclic) bond motifs is 2. The number of halogens is 1. The van der Waals surface area contributed by atoms with Crippen LogP contribution in [-0.2, 0) is 30.1 Å². The maximum absolute atomic E-state index is 8.64. The normalized spacial score (nSPS) is 8.61. The monoisotopic (exact) mass is 1020 g/mol. The number of rotatable bonds is 4. The number of aromatic amines is 2. The number of benzene rings is 4. The first-order chi connectivity index (χ1) is 20.5. The van der Waals surface area contributed by atoms with Gasteiger partial charge < -0.3 is 31.6 Å². The van der Waals surface area contributed by atoms with Crippen molar-refractivity contribution in [1.82, 2.24) is 9.97 Å². The largest absolute Gasteiger partial charge is 1.00 e. The summed E-state index contributed by atoms with van der Waals surface area (Å²) in [6.45, 7) is -0.181. The molecular weight excluding hydrogens is 979 g/mol. The molecule has 8 unspecified atom stereocenters. The fraction of sp³-hybridized carbons (Fsp3) is 0. The second-order valence-electron chi connectivity index (χ2n) is 8.05. The number of hydrogen-bond donors (Lipinski definition) is 4. The van der Waals surface area contributed by atoms with Crippen molar-refractivity contribution in [2.45, 2.75) is 0 Å². The first-order valence-electron chi connectivity index (χ1n) is 12.3. The van der Waals surface area contributed by atoms with E-state index < -0.39 is 7.12 Å². The van der Waals surface area contributed by atoms with Crippen LogP contribution in [0.3, 0.4) is 0 Å². The fourth-order valence-corrected chi connectivity index (χ4v) is 4.13. The molecule has 4 N–H and O–H groups in total.